The van der Waals surface area contributed by atoms with Crippen molar-refractivity contribution in [2.45, 2.75) is 16.2 Å². The minimum absolute atomic E-state index is 0.576. The van der Waals surface area contributed by atoms with Gasteiger partial charge in [0.1, 0.15) is 0 Å². The molecule has 1 atom stereocenters. The molecular formula is C31H23N3OS. The molecule has 2 N–H and O–H groups in total. The zero-order valence-electron chi connectivity index (χ0n) is 19.5. The van der Waals surface area contributed by atoms with Gasteiger partial charge in [-0.25, -0.2) is 9.20 Å². The average Bonchev–Trinajstić information content (AvgIpc) is 3.56. The Morgan fingerprint density at radius 3 is 2.50 bits per heavy atom. The summed E-state index contributed by atoms with van der Waals surface area (Å²) in [4.78, 5) is 6.59. The molecule has 7 rings (SSSR count). The summed E-state index contributed by atoms with van der Waals surface area (Å²) in [5.74, 6) is 0. The number of benzene rings is 4. The minimum atomic E-state index is -1.26. The number of hydrogen-bond acceptors (Lipinski definition) is 3. The maximum atomic E-state index is 13.3. The monoisotopic (exact) mass is 485 g/mol. The summed E-state index contributed by atoms with van der Waals surface area (Å²) < 4.78 is 15.6. The van der Waals surface area contributed by atoms with Crippen molar-refractivity contribution in [3.05, 3.63) is 119 Å². The van der Waals surface area contributed by atoms with Crippen LogP contribution in [0.3, 0.4) is 0 Å². The Balaban J connectivity index is 1.32. The van der Waals surface area contributed by atoms with Crippen LogP contribution in [-0.4, -0.2) is 21.0 Å². The molecule has 174 valence electrons. The van der Waals surface area contributed by atoms with Gasteiger partial charge in [0.25, 0.3) is 0 Å². The number of nitrogens with zero attached hydrogens (tertiary/aromatic N) is 2. The Morgan fingerprint density at radius 1 is 0.833 bits per heavy atom. The van der Waals surface area contributed by atoms with E-state index in [9.17, 15) is 4.21 Å². The quantitative estimate of drug-likeness (QED) is 0.318. The number of para-hydroxylation sites is 2. The van der Waals surface area contributed by atoms with Crippen LogP contribution >= 0.6 is 0 Å². The summed E-state index contributed by atoms with van der Waals surface area (Å²) >= 11 is 0. The van der Waals surface area contributed by atoms with Crippen LogP contribution in [0.5, 0.6) is 0 Å². The van der Waals surface area contributed by atoms with E-state index in [0.29, 0.717) is 6.54 Å². The highest BCUT2D eigenvalue weighted by atomic mass is 32.2. The highest BCUT2D eigenvalue weighted by molar-refractivity contribution is 7.85. The Morgan fingerprint density at radius 2 is 1.64 bits per heavy atom. The van der Waals surface area contributed by atoms with Gasteiger partial charge in [0.2, 0.25) is 0 Å². The largest absolute Gasteiger partial charge is 0.330 e. The third-order valence-electron chi connectivity index (χ3n) is 6.96. The number of aromatic nitrogens is 1. The van der Waals surface area contributed by atoms with E-state index in [0.717, 1.165) is 50.1 Å². The molecule has 0 fully saturated rings. The third kappa shape index (κ3) is 3.17. The number of rotatable bonds is 5. The van der Waals surface area contributed by atoms with E-state index in [2.05, 4.69) is 65.2 Å². The van der Waals surface area contributed by atoms with Crippen molar-refractivity contribution in [3.63, 3.8) is 0 Å². The fourth-order valence-corrected chi connectivity index (χ4v) is 6.44. The van der Waals surface area contributed by atoms with Crippen LogP contribution < -0.4 is 5.73 Å². The molecule has 0 amide bonds. The van der Waals surface area contributed by atoms with Gasteiger partial charge in [0, 0.05) is 37.6 Å². The first kappa shape index (κ1) is 21.2. The standard InChI is InChI=1S/C31H23N3OS/c32-17-16-20-6-5-7-23(18-20)36(35)22-14-12-21(13-15-22)34-29-11-4-2-9-25(29)27-19-26-24-8-1-3-10-28(24)33-30(26)31(27)34/h1-15,18-19H,16-17,32H2. The van der Waals surface area contributed by atoms with Gasteiger partial charge in [0.05, 0.1) is 33.4 Å². The first-order valence-electron chi connectivity index (χ1n) is 12.1. The highest BCUT2D eigenvalue weighted by Gasteiger charge is 2.33. The third-order valence-corrected chi connectivity index (χ3v) is 8.35. The van der Waals surface area contributed by atoms with Crippen LogP contribution in [0.25, 0.3) is 28.2 Å². The fourth-order valence-electron chi connectivity index (χ4n) is 5.33. The minimum Gasteiger partial charge on any atom is -0.330 e. The zero-order valence-corrected chi connectivity index (χ0v) is 20.3. The van der Waals surface area contributed by atoms with Gasteiger partial charge in [-0.3, -0.25) is 0 Å². The van der Waals surface area contributed by atoms with Crippen molar-refractivity contribution >= 4 is 44.8 Å². The van der Waals surface area contributed by atoms with E-state index in [-0.39, 0.29) is 0 Å². The van der Waals surface area contributed by atoms with Crippen molar-refractivity contribution in [3.8, 4) is 5.69 Å². The van der Waals surface area contributed by atoms with Gasteiger partial charge in [0.15, 0.2) is 0 Å². The van der Waals surface area contributed by atoms with Gasteiger partial charge in [-0.1, -0.05) is 48.5 Å². The van der Waals surface area contributed by atoms with Gasteiger partial charge >= 0.3 is 0 Å². The summed E-state index contributed by atoms with van der Waals surface area (Å²) in [6.07, 6.45) is 3.05. The lowest BCUT2D eigenvalue weighted by Gasteiger charge is -2.12. The van der Waals surface area contributed by atoms with Gasteiger partial charge < -0.3 is 10.3 Å². The van der Waals surface area contributed by atoms with Gasteiger partial charge in [-0.2, -0.15) is 0 Å². The molecule has 2 heterocycles. The van der Waals surface area contributed by atoms with E-state index in [1.165, 1.54) is 22.1 Å². The average molecular weight is 486 g/mol. The zero-order chi connectivity index (χ0) is 24.2. The van der Waals surface area contributed by atoms with Crippen molar-refractivity contribution in [1.29, 1.82) is 0 Å². The lowest BCUT2D eigenvalue weighted by atomic mass is 10.1. The summed E-state index contributed by atoms with van der Waals surface area (Å²) in [6, 6.07) is 32.7. The number of allylic oxidation sites excluding steroid dienone is 1. The molecule has 1 aromatic heterocycles. The van der Waals surface area contributed by atoms with E-state index in [4.69, 9.17) is 10.7 Å². The second-order valence-corrected chi connectivity index (χ2v) is 10.6. The lowest BCUT2D eigenvalue weighted by molar-refractivity contribution is 0.683. The molecule has 4 aromatic carbocycles. The molecule has 4 nitrogen and oxygen atoms in total. The summed E-state index contributed by atoms with van der Waals surface area (Å²) in [5, 5.41) is 1.21. The molecule has 0 bridgehead atoms. The summed E-state index contributed by atoms with van der Waals surface area (Å²) in [6.45, 7) is 0.576. The topological polar surface area (TPSA) is 60.4 Å². The number of hydrogen-bond donors (Lipinski definition) is 1. The summed E-state index contributed by atoms with van der Waals surface area (Å²) in [7, 11) is -1.26. The van der Waals surface area contributed by atoms with Gasteiger partial charge in [-0.05, 0) is 73.1 Å². The van der Waals surface area contributed by atoms with Crippen LogP contribution in [0.15, 0.2) is 112 Å². The molecule has 0 spiro atoms. The van der Waals surface area contributed by atoms with Crippen molar-refractivity contribution in [2.24, 2.45) is 10.7 Å². The van der Waals surface area contributed by atoms with Crippen LogP contribution in [-0.2, 0) is 17.2 Å². The molecule has 2 aliphatic rings. The Kier molecular flexibility index (Phi) is 4.87. The predicted octanol–water partition coefficient (Wildman–Crippen LogP) is 6.29. The van der Waals surface area contributed by atoms with Crippen LogP contribution in [0.1, 0.15) is 22.4 Å². The predicted molar refractivity (Wildman–Crippen MR) is 148 cm³/mol. The van der Waals surface area contributed by atoms with Crippen LogP contribution in [0, 0.1) is 0 Å². The molecule has 36 heavy (non-hydrogen) atoms. The first-order chi connectivity index (χ1) is 17.7. The lowest BCUT2D eigenvalue weighted by Crippen LogP contribution is -2.06. The van der Waals surface area contributed by atoms with Gasteiger partial charge in [-0.15, -0.1) is 0 Å². The molecule has 0 saturated carbocycles. The van der Waals surface area contributed by atoms with E-state index in [1.807, 2.05) is 42.5 Å². The fraction of sp³-hybridized carbons (Fsp3) is 0.0645. The summed E-state index contributed by atoms with van der Waals surface area (Å²) in [5.41, 5.74) is 15.7. The second kappa shape index (κ2) is 8.26. The highest BCUT2D eigenvalue weighted by Crippen LogP contribution is 2.46. The Bertz CT molecular complexity index is 1760. The molecule has 5 heteroatoms. The van der Waals surface area contributed by atoms with Crippen LogP contribution in [0.2, 0.25) is 0 Å². The smallest absolute Gasteiger partial charge is 0.0963 e. The molecule has 0 radical (unpaired) electrons. The molecule has 1 aliphatic heterocycles. The SMILES string of the molecule is NCCc1cccc(S(=O)c2ccc(-n3c4c(c5ccccc53)C=C3C4=Nc4ccccc43)cc2)c1. The van der Waals surface area contributed by atoms with Crippen molar-refractivity contribution < 1.29 is 4.21 Å². The van der Waals surface area contributed by atoms with E-state index < -0.39 is 10.8 Å². The van der Waals surface area contributed by atoms with Crippen LogP contribution in [0.4, 0.5) is 5.69 Å². The maximum absolute atomic E-state index is 13.3. The number of aliphatic imine (C=N–C) groups is 1. The van der Waals surface area contributed by atoms with E-state index >= 15 is 0 Å². The van der Waals surface area contributed by atoms with Crippen molar-refractivity contribution in [1.82, 2.24) is 4.57 Å². The molecule has 1 unspecified atom stereocenters. The molecule has 0 saturated heterocycles. The Hall–Kier alpha value is -4.06. The van der Waals surface area contributed by atoms with Crippen molar-refractivity contribution in [2.75, 3.05) is 6.54 Å². The Labute approximate surface area is 211 Å². The number of nitrogens with two attached hydrogens (primary N) is 1. The molecular weight excluding hydrogens is 462 g/mol. The first-order valence-corrected chi connectivity index (χ1v) is 13.2. The van der Waals surface area contributed by atoms with E-state index in [1.54, 1.807) is 0 Å². The molecule has 1 aliphatic carbocycles. The maximum Gasteiger partial charge on any atom is 0.0963 e. The normalized spacial score (nSPS) is 14.2. The number of fused-ring (bicyclic) bond motifs is 7. The second-order valence-electron chi connectivity index (χ2n) is 9.10. The molecule has 5 aromatic rings.